The SMILES string of the molecule is C1=CN=CC1.C1=CN=CC1.CC.CC.CC.CC.CC.CC.CC.CC.CC.CC.CC.CC.c1cc[nH]c1.c1cc[nH]c1.c1ccncc1.c1ccoc1.c1ccsc1.c1cn[nH]n1.c1cnccn1.c1cncnc1.c1nc[nH]n1.c1ncncn1. The fourth-order valence-corrected chi connectivity index (χ4v) is 3.43. The molecule has 2 aliphatic rings. The van der Waals surface area contributed by atoms with E-state index in [4.69, 9.17) is 0 Å². The van der Waals surface area contributed by atoms with Crippen molar-refractivity contribution in [3.63, 3.8) is 0 Å². The minimum atomic E-state index is 1.03. The molecule has 0 radical (unpaired) electrons. The van der Waals surface area contributed by atoms with Crippen LogP contribution in [0.15, 0.2) is 260 Å². The fraction of sp³-hybridized carbons (Fsp3) is 0.382. The number of aromatic nitrogens is 16. The van der Waals surface area contributed by atoms with Crippen molar-refractivity contribution in [1.82, 2.24) is 80.4 Å². The van der Waals surface area contributed by atoms with Crippen molar-refractivity contribution in [2.45, 2.75) is 179 Å². The van der Waals surface area contributed by atoms with Crippen LogP contribution in [0.5, 0.6) is 0 Å². The van der Waals surface area contributed by atoms with Crippen molar-refractivity contribution in [3.05, 3.63) is 245 Å². The highest BCUT2D eigenvalue weighted by atomic mass is 32.1. The van der Waals surface area contributed by atoms with Gasteiger partial charge in [-0.15, -0.1) is 0 Å². The van der Waals surface area contributed by atoms with Gasteiger partial charge in [0, 0.05) is 112 Å². The van der Waals surface area contributed by atoms with Gasteiger partial charge in [-0.25, -0.2) is 29.9 Å². The summed E-state index contributed by atoms with van der Waals surface area (Å²) in [6.45, 7) is 48.0. The van der Waals surface area contributed by atoms with Gasteiger partial charge in [0.15, 0.2) is 0 Å². The zero-order chi connectivity index (χ0) is 69.3. The van der Waals surface area contributed by atoms with E-state index in [1.807, 2.05) is 293 Å². The van der Waals surface area contributed by atoms with Gasteiger partial charge >= 0.3 is 0 Å². The second-order valence-electron chi connectivity index (χ2n) is 10.2. The minimum absolute atomic E-state index is 1.03. The van der Waals surface area contributed by atoms with Crippen LogP contribution in [-0.2, 0) is 0 Å². The molecule has 2 aliphatic heterocycles. The monoisotopic (exact) mass is 1240 g/mol. The van der Waals surface area contributed by atoms with Crippen molar-refractivity contribution in [2.24, 2.45) is 9.98 Å². The number of pyridine rings is 1. The summed E-state index contributed by atoms with van der Waals surface area (Å²) < 4.78 is 4.58. The summed E-state index contributed by atoms with van der Waals surface area (Å²) in [5.41, 5.74) is 0. The van der Waals surface area contributed by atoms with Gasteiger partial charge in [0.05, 0.1) is 24.9 Å². The minimum Gasteiger partial charge on any atom is -0.473 e. The molecule has 0 atom stereocenters. The third-order valence-electron chi connectivity index (χ3n) is 5.50. The first kappa shape index (κ1) is 107. The molecule has 0 saturated heterocycles. The van der Waals surface area contributed by atoms with E-state index in [-0.39, 0.29) is 0 Å². The number of aromatic amines is 4. The van der Waals surface area contributed by atoms with E-state index in [0.29, 0.717) is 0 Å². The molecule has 496 valence electrons. The number of nitrogens with zero attached hydrogens (tertiary/aromatic N) is 14. The summed E-state index contributed by atoms with van der Waals surface area (Å²) in [6.07, 6.45) is 49.6. The second kappa shape index (κ2) is 153. The first-order valence-corrected chi connectivity index (χ1v) is 31.8. The molecule has 12 rings (SSSR count). The van der Waals surface area contributed by atoms with Crippen LogP contribution in [0.2, 0.25) is 0 Å². The molecular formula is C68H122N18OS. The number of H-pyrrole nitrogens is 4. The Kier molecular flexibility index (Phi) is 186. The van der Waals surface area contributed by atoms with E-state index in [1.165, 1.54) is 38.0 Å². The maximum Gasteiger partial charge on any atom is 0.137 e. The van der Waals surface area contributed by atoms with Gasteiger partial charge in [-0.2, -0.15) is 31.8 Å². The molecule has 0 aromatic carbocycles. The van der Waals surface area contributed by atoms with E-state index in [2.05, 4.69) is 94.8 Å². The van der Waals surface area contributed by atoms with Crippen molar-refractivity contribution in [2.75, 3.05) is 0 Å². The van der Waals surface area contributed by atoms with E-state index < -0.39 is 0 Å². The summed E-state index contributed by atoms with van der Waals surface area (Å²) in [7, 11) is 0. The van der Waals surface area contributed by atoms with Gasteiger partial charge < -0.3 is 14.4 Å². The average Bonchev–Trinajstić information content (AvgIpc) is 4.51. The second-order valence-corrected chi connectivity index (χ2v) is 11.0. The van der Waals surface area contributed by atoms with Crippen molar-refractivity contribution in [1.29, 1.82) is 0 Å². The lowest BCUT2D eigenvalue weighted by molar-refractivity contribution is 0.567. The summed E-state index contributed by atoms with van der Waals surface area (Å²) >= 11 is 1.71. The topological polar surface area (TPSA) is 256 Å². The molecule has 19 nitrogen and oxygen atoms in total. The average molecular weight is 1240 g/mol. The lowest BCUT2D eigenvalue weighted by atomic mass is 10.5. The van der Waals surface area contributed by atoms with Gasteiger partial charge in [-0.1, -0.05) is 197 Å². The van der Waals surface area contributed by atoms with Crippen molar-refractivity contribution in [3.8, 4) is 0 Å². The Labute approximate surface area is 540 Å². The Balaban J connectivity index is -0.0000000695. The normalized spacial score (nSPS) is 7.73. The molecule has 0 unspecified atom stereocenters. The quantitative estimate of drug-likeness (QED) is 0.110. The van der Waals surface area contributed by atoms with Gasteiger partial charge in [-0.05, 0) is 65.4 Å². The Morgan fingerprint density at radius 3 is 0.773 bits per heavy atom. The van der Waals surface area contributed by atoms with Crippen LogP contribution in [0.1, 0.15) is 179 Å². The molecule has 0 amide bonds. The molecular weight excluding hydrogens is 1120 g/mol. The van der Waals surface area contributed by atoms with Crippen LogP contribution >= 0.6 is 11.3 Å². The molecule has 12 heterocycles. The molecule has 0 fully saturated rings. The lowest BCUT2D eigenvalue weighted by Crippen LogP contribution is -1.73. The van der Waals surface area contributed by atoms with Gasteiger partial charge in [0.1, 0.15) is 38.0 Å². The molecule has 10 aromatic heterocycles. The van der Waals surface area contributed by atoms with Gasteiger partial charge in [0.2, 0.25) is 0 Å². The number of thiophene rings is 1. The summed E-state index contributed by atoms with van der Waals surface area (Å²) in [6, 6.07) is 23.0. The maximum absolute atomic E-state index is 4.58. The zero-order valence-corrected chi connectivity index (χ0v) is 59.6. The van der Waals surface area contributed by atoms with E-state index in [0.717, 1.165) is 12.8 Å². The summed E-state index contributed by atoms with van der Waals surface area (Å²) in [5.74, 6) is 0. The molecule has 20 heteroatoms. The highest BCUT2D eigenvalue weighted by Gasteiger charge is 1.74. The molecule has 4 N–H and O–H groups in total. The number of hydrogen-bond donors (Lipinski definition) is 4. The van der Waals surface area contributed by atoms with E-state index in [1.54, 1.807) is 104 Å². The van der Waals surface area contributed by atoms with Crippen LogP contribution in [0.25, 0.3) is 0 Å². The maximum atomic E-state index is 4.58. The number of allylic oxidation sites excluding steroid dienone is 2. The highest BCUT2D eigenvalue weighted by molar-refractivity contribution is 7.07. The standard InChI is InChI=1S/C5H5N.2C4H4N2.4C4H5N.C4H4O.C4H4S.C3H3N3.2C2H3N3.12C2H6/c1-2-4-6-5-3-1;1-2-6-4-3-5-1;1-2-5-4-6-3-1;6*1-2-4-5-3-1;1-4-2-6-3-5-1;1-3-2-5-4-1;1-2-4-5-3-1;12*1-2/h1-5H;2*1-4H;2*1,3-4H,2H2;2*1-5H;2*1-4H;1-3H;2*1-2H,(H,3,4,5);12*1-2H3. The van der Waals surface area contributed by atoms with Crippen molar-refractivity contribution >= 4 is 23.8 Å². The molecule has 0 spiro atoms. The zero-order valence-electron chi connectivity index (χ0n) is 58.7. The van der Waals surface area contributed by atoms with Crippen LogP contribution < -0.4 is 0 Å². The highest BCUT2D eigenvalue weighted by Crippen LogP contribution is 1.91. The smallest absolute Gasteiger partial charge is 0.137 e. The molecule has 0 aliphatic carbocycles. The number of furan rings is 1. The Hall–Kier alpha value is -9.04. The number of aliphatic imine (C=N–C) groups is 2. The lowest BCUT2D eigenvalue weighted by Gasteiger charge is -1.70. The van der Waals surface area contributed by atoms with Crippen LogP contribution in [0, 0.1) is 0 Å². The van der Waals surface area contributed by atoms with E-state index in [9.17, 15) is 0 Å². The third-order valence-corrected chi connectivity index (χ3v) is 6.13. The Morgan fingerprint density at radius 1 is 0.307 bits per heavy atom. The van der Waals surface area contributed by atoms with Crippen LogP contribution in [0.4, 0.5) is 0 Å². The van der Waals surface area contributed by atoms with E-state index >= 15 is 0 Å². The molecule has 0 saturated carbocycles. The Morgan fingerprint density at radius 2 is 0.659 bits per heavy atom. The third kappa shape index (κ3) is 147. The summed E-state index contributed by atoms with van der Waals surface area (Å²) in [4.78, 5) is 46.1. The Bertz CT molecular complexity index is 1640. The van der Waals surface area contributed by atoms with Crippen molar-refractivity contribution < 1.29 is 4.42 Å². The van der Waals surface area contributed by atoms with Crippen LogP contribution in [-0.4, -0.2) is 92.9 Å². The number of rotatable bonds is 0. The van der Waals surface area contributed by atoms with Gasteiger partial charge in [-0.3, -0.25) is 30.0 Å². The fourth-order valence-electron chi connectivity index (χ4n) is 2.98. The predicted octanol–water partition coefficient (Wildman–Crippen LogP) is 20.8. The van der Waals surface area contributed by atoms with Crippen LogP contribution in [0.3, 0.4) is 0 Å². The summed E-state index contributed by atoms with van der Waals surface area (Å²) in [5, 5.41) is 19.4. The predicted molar refractivity (Wildman–Crippen MR) is 386 cm³/mol. The molecule has 0 bridgehead atoms. The first-order chi connectivity index (χ1) is 44.0. The van der Waals surface area contributed by atoms with Gasteiger partial charge in [0.25, 0.3) is 0 Å². The number of nitrogens with one attached hydrogen (secondary N) is 4. The molecule has 10 aromatic rings. The largest absolute Gasteiger partial charge is 0.473 e. The molecule has 88 heavy (non-hydrogen) atoms. The number of hydrogen-bond acceptors (Lipinski definition) is 16. The first-order valence-electron chi connectivity index (χ1n) is 30.8.